The summed E-state index contributed by atoms with van der Waals surface area (Å²) in [5.41, 5.74) is 5.49. The first-order valence-electron chi connectivity index (χ1n) is 13.7. The van der Waals surface area contributed by atoms with Gasteiger partial charge in [0.05, 0.1) is 11.5 Å². The van der Waals surface area contributed by atoms with Crippen molar-refractivity contribution in [3.63, 3.8) is 0 Å². The van der Waals surface area contributed by atoms with Crippen molar-refractivity contribution in [3.8, 4) is 11.3 Å². The molecule has 4 heterocycles. The van der Waals surface area contributed by atoms with Crippen LogP contribution in [0.2, 0.25) is 0 Å². The molecule has 0 saturated carbocycles. The van der Waals surface area contributed by atoms with Gasteiger partial charge in [0.25, 0.3) is 0 Å². The lowest BCUT2D eigenvalue weighted by Gasteiger charge is -2.34. The van der Waals surface area contributed by atoms with Crippen LogP contribution in [0.3, 0.4) is 0 Å². The fraction of sp³-hybridized carbons (Fsp3) is 0.156. The molecule has 1 aliphatic rings. The number of nitrogens with zero attached hydrogens (tertiary/aromatic N) is 6. The lowest BCUT2D eigenvalue weighted by Crippen LogP contribution is -2.36. The number of hydrogen-bond donors (Lipinski definition) is 3. The molecule has 1 unspecified atom stereocenters. The van der Waals surface area contributed by atoms with Gasteiger partial charge >= 0.3 is 0 Å². The average molecular weight is 557 g/mol. The zero-order chi connectivity index (χ0) is 29.1. The molecule has 1 atom stereocenters. The van der Waals surface area contributed by atoms with E-state index in [0.29, 0.717) is 18.2 Å². The monoisotopic (exact) mass is 556 g/mol. The molecule has 2 aromatic carbocycles. The van der Waals surface area contributed by atoms with Gasteiger partial charge in [0.2, 0.25) is 5.91 Å². The maximum absolute atomic E-state index is 11.8. The standard InChI is InChI=1S/C32H31N9O/c1-4-28(42)37-24-9-10-26-21(17-24)11-16-34-29(26)25-8-6-5-7-22(25)18-35-32-40-31(38-23-12-14-33-15-13-23)39-30-27(20(2)3)19-36-41(30)32/h4-17,19-20,31H,1,18H2,2-3H3,(H4,33,34,35,36,37,38,39,40,42)/p-1. The van der Waals surface area contributed by atoms with Crippen LogP contribution >= 0.6 is 0 Å². The summed E-state index contributed by atoms with van der Waals surface area (Å²) in [4.78, 5) is 25.5. The van der Waals surface area contributed by atoms with Crippen molar-refractivity contribution in [2.45, 2.75) is 32.6 Å². The summed E-state index contributed by atoms with van der Waals surface area (Å²) < 4.78 is 1.76. The Morgan fingerprint density at radius 1 is 1.10 bits per heavy atom. The summed E-state index contributed by atoms with van der Waals surface area (Å²) in [5, 5.41) is 21.2. The maximum Gasteiger partial charge on any atom is 0.247 e. The summed E-state index contributed by atoms with van der Waals surface area (Å²) in [6.45, 7) is 8.17. The molecule has 0 saturated heterocycles. The molecule has 1 aliphatic heterocycles. The third-order valence-corrected chi connectivity index (χ3v) is 6.99. The number of aromatic nitrogens is 4. The molecule has 3 N–H and O–H groups in total. The van der Waals surface area contributed by atoms with Crippen molar-refractivity contribution in [1.29, 1.82) is 0 Å². The molecule has 42 heavy (non-hydrogen) atoms. The number of aliphatic imine (C=N–C) groups is 1. The minimum absolute atomic E-state index is 0.254. The zero-order valence-corrected chi connectivity index (χ0v) is 23.3. The van der Waals surface area contributed by atoms with Crippen molar-refractivity contribution >= 4 is 39.8 Å². The van der Waals surface area contributed by atoms with E-state index >= 15 is 0 Å². The summed E-state index contributed by atoms with van der Waals surface area (Å²) in [6, 6.07) is 19.6. The Labute approximate surface area is 243 Å². The SMILES string of the molecule is C=CC(=O)Nc1ccc2c(-c3ccccc3C[N-]C3=NC(Nc4ccncc4)Nc4c(C(C)C)cnn43)nccc2c1. The second-order valence-electron chi connectivity index (χ2n) is 10.1. The van der Waals surface area contributed by atoms with E-state index in [9.17, 15) is 4.79 Å². The second kappa shape index (κ2) is 11.5. The molecule has 1 amide bonds. The normalized spacial score (nSPS) is 14.1. The van der Waals surface area contributed by atoms with Crippen LogP contribution < -0.4 is 16.0 Å². The van der Waals surface area contributed by atoms with E-state index < -0.39 is 6.29 Å². The number of carbonyl (C=O) groups is 1. The van der Waals surface area contributed by atoms with Crippen LogP contribution in [0.5, 0.6) is 0 Å². The van der Waals surface area contributed by atoms with Gasteiger partial charge in [-0.2, -0.15) is 0 Å². The number of amides is 1. The van der Waals surface area contributed by atoms with Crippen LogP contribution in [0.15, 0.2) is 103 Å². The second-order valence-corrected chi connectivity index (χ2v) is 10.1. The molecule has 10 nitrogen and oxygen atoms in total. The highest BCUT2D eigenvalue weighted by atomic mass is 16.1. The van der Waals surface area contributed by atoms with Crippen molar-refractivity contribution in [3.05, 3.63) is 115 Å². The average Bonchev–Trinajstić information content (AvgIpc) is 3.45. The van der Waals surface area contributed by atoms with Crippen molar-refractivity contribution in [2.24, 2.45) is 4.99 Å². The molecular weight excluding hydrogens is 526 g/mol. The van der Waals surface area contributed by atoms with Crippen LogP contribution in [0.25, 0.3) is 27.3 Å². The van der Waals surface area contributed by atoms with Crippen molar-refractivity contribution in [2.75, 3.05) is 16.0 Å². The molecule has 0 radical (unpaired) electrons. The van der Waals surface area contributed by atoms with E-state index in [-0.39, 0.29) is 11.8 Å². The molecule has 5 aromatic rings. The maximum atomic E-state index is 11.8. The van der Waals surface area contributed by atoms with Crippen LogP contribution in [0.4, 0.5) is 17.2 Å². The zero-order valence-electron chi connectivity index (χ0n) is 23.3. The predicted octanol–water partition coefficient (Wildman–Crippen LogP) is 6.34. The molecule has 0 fully saturated rings. The fourth-order valence-electron chi connectivity index (χ4n) is 4.90. The fourth-order valence-corrected chi connectivity index (χ4v) is 4.90. The number of anilines is 3. The molecule has 210 valence electrons. The smallest absolute Gasteiger partial charge is 0.247 e. The quantitative estimate of drug-likeness (QED) is 0.192. The number of hydrogen-bond acceptors (Lipinski definition) is 7. The van der Waals surface area contributed by atoms with Crippen LogP contribution in [-0.2, 0) is 11.3 Å². The number of rotatable bonds is 8. The highest BCUT2D eigenvalue weighted by molar-refractivity contribution is 6.02. The third-order valence-electron chi connectivity index (χ3n) is 6.99. The van der Waals surface area contributed by atoms with E-state index in [1.54, 1.807) is 23.3 Å². The summed E-state index contributed by atoms with van der Waals surface area (Å²) >= 11 is 0. The highest BCUT2D eigenvalue weighted by Crippen LogP contribution is 2.33. The van der Waals surface area contributed by atoms with Gasteiger partial charge < -0.3 is 26.3 Å². The van der Waals surface area contributed by atoms with E-state index in [1.165, 1.54) is 6.08 Å². The molecular formula is C32H30N9O-. The van der Waals surface area contributed by atoms with Gasteiger partial charge in [0.15, 0.2) is 0 Å². The number of nitrogens with one attached hydrogen (secondary N) is 3. The Morgan fingerprint density at radius 3 is 2.74 bits per heavy atom. The van der Waals surface area contributed by atoms with Crippen LogP contribution in [-0.4, -0.2) is 37.9 Å². The summed E-state index contributed by atoms with van der Waals surface area (Å²) in [7, 11) is 0. The van der Waals surface area contributed by atoms with Gasteiger partial charge in [-0.15, -0.1) is 0 Å². The van der Waals surface area contributed by atoms with Gasteiger partial charge in [-0.05, 0) is 53.3 Å². The molecule has 0 spiro atoms. The largest absolute Gasteiger partial charge is 0.388 e. The molecule has 6 rings (SSSR count). The topological polar surface area (TPSA) is 123 Å². The van der Waals surface area contributed by atoms with Gasteiger partial charge in [-0.3, -0.25) is 19.4 Å². The summed E-state index contributed by atoms with van der Waals surface area (Å²) in [6.07, 6.45) is 7.94. The Morgan fingerprint density at radius 2 is 1.93 bits per heavy atom. The number of fused-ring (bicyclic) bond motifs is 2. The number of carbonyl (C=O) groups excluding carboxylic acids is 1. The van der Waals surface area contributed by atoms with E-state index in [1.807, 2.05) is 60.8 Å². The predicted molar refractivity (Wildman–Crippen MR) is 167 cm³/mol. The first-order valence-corrected chi connectivity index (χ1v) is 13.7. The van der Waals surface area contributed by atoms with Crippen LogP contribution in [0.1, 0.15) is 30.9 Å². The van der Waals surface area contributed by atoms with E-state index in [4.69, 9.17) is 15.3 Å². The van der Waals surface area contributed by atoms with E-state index in [0.717, 1.165) is 44.7 Å². The lowest BCUT2D eigenvalue weighted by molar-refractivity contribution is -0.111. The third kappa shape index (κ3) is 5.42. The van der Waals surface area contributed by atoms with Crippen molar-refractivity contribution < 1.29 is 4.79 Å². The summed E-state index contributed by atoms with van der Waals surface area (Å²) in [5.74, 6) is 1.39. The minimum atomic E-state index is -0.432. The van der Waals surface area contributed by atoms with Crippen LogP contribution in [0, 0.1) is 0 Å². The highest BCUT2D eigenvalue weighted by Gasteiger charge is 2.19. The number of benzene rings is 2. The van der Waals surface area contributed by atoms with E-state index in [2.05, 4.69) is 52.5 Å². The van der Waals surface area contributed by atoms with Crippen molar-refractivity contribution in [1.82, 2.24) is 19.7 Å². The molecule has 0 aliphatic carbocycles. The minimum Gasteiger partial charge on any atom is -0.388 e. The Hall–Kier alpha value is -5.51. The van der Waals surface area contributed by atoms with Gasteiger partial charge in [0.1, 0.15) is 6.29 Å². The Bertz CT molecular complexity index is 1790. The lowest BCUT2D eigenvalue weighted by atomic mass is 9.99. The van der Waals surface area contributed by atoms with Gasteiger partial charge in [-0.25, -0.2) is 5.10 Å². The first-order chi connectivity index (χ1) is 20.5. The first kappa shape index (κ1) is 26.7. The Kier molecular flexibility index (Phi) is 7.33. The number of pyridine rings is 2. The van der Waals surface area contributed by atoms with Gasteiger partial charge in [0, 0.05) is 65.2 Å². The molecule has 0 bridgehead atoms. The molecule has 3 aromatic heterocycles. The molecule has 10 heteroatoms. The van der Waals surface area contributed by atoms with Gasteiger partial charge in [-0.1, -0.05) is 50.8 Å². The Balaban J connectivity index is 1.31.